The molecule has 0 saturated carbocycles. The van der Waals surface area contributed by atoms with Crippen LogP contribution in [0.5, 0.6) is 0 Å². The number of amides is 1. The van der Waals surface area contributed by atoms with Crippen LogP contribution in [0.3, 0.4) is 0 Å². The van der Waals surface area contributed by atoms with Crippen molar-refractivity contribution < 1.29 is 14.7 Å². The maximum Gasteiger partial charge on any atom is 0.337 e. The summed E-state index contributed by atoms with van der Waals surface area (Å²) >= 11 is 0. The summed E-state index contributed by atoms with van der Waals surface area (Å²) in [5.41, 5.74) is 1.13. The molecule has 1 amide bonds. The molecule has 2 N–H and O–H groups in total. The lowest BCUT2D eigenvalue weighted by Crippen LogP contribution is -2.09. The van der Waals surface area contributed by atoms with E-state index in [0.717, 1.165) is 5.56 Å². The largest absolute Gasteiger partial charge is 0.478 e. The van der Waals surface area contributed by atoms with Gasteiger partial charge in [0.2, 0.25) is 5.91 Å². The molecule has 0 unspecified atom stereocenters. The molecule has 0 saturated heterocycles. The van der Waals surface area contributed by atoms with Crippen molar-refractivity contribution in [3.63, 3.8) is 0 Å². The van der Waals surface area contributed by atoms with E-state index in [1.54, 1.807) is 24.5 Å². The molecular formula is C14H11N3O3. The summed E-state index contributed by atoms with van der Waals surface area (Å²) in [5, 5.41) is 11.4. The first-order chi connectivity index (χ1) is 9.65. The number of carboxylic acids is 1. The molecule has 0 bridgehead atoms. The number of anilines is 1. The van der Waals surface area contributed by atoms with Crippen LogP contribution in [0.2, 0.25) is 0 Å². The van der Waals surface area contributed by atoms with Gasteiger partial charge in [-0.1, -0.05) is 6.07 Å². The fourth-order valence-electron chi connectivity index (χ4n) is 1.46. The first kappa shape index (κ1) is 13.4. The Balaban J connectivity index is 2.03. The second-order valence-corrected chi connectivity index (χ2v) is 3.88. The molecule has 0 aliphatic heterocycles. The Bertz CT molecular complexity index is 654. The maximum atomic E-state index is 11.7. The molecule has 20 heavy (non-hydrogen) atoms. The van der Waals surface area contributed by atoms with Gasteiger partial charge >= 0.3 is 5.97 Å². The number of nitrogens with zero attached hydrogens (tertiary/aromatic N) is 2. The first-order valence-electron chi connectivity index (χ1n) is 5.72. The second kappa shape index (κ2) is 6.24. The molecule has 6 heteroatoms. The predicted octanol–water partition coefficient (Wildman–Crippen LogP) is 1.83. The minimum Gasteiger partial charge on any atom is -0.478 e. The van der Waals surface area contributed by atoms with Crippen LogP contribution in [0, 0.1) is 0 Å². The zero-order valence-electron chi connectivity index (χ0n) is 10.4. The van der Waals surface area contributed by atoms with Crippen molar-refractivity contribution in [2.24, 2.45) is 0 Å². The van der Waals surface area contributed by atoms with Crippen LogP contribution < -0.4 is 5.32 Å². The number of hydrogen-bond donors (Lipinski definition) is 2. The number of carbonyl (C=O) groups excluding carboxylic acids is 1. The Morgan fingerprint density at radius 2 is 2.05 bits per heavy atom. The summed E-state index contributed by atoms with van der Waals surface area (Å²) in [5.74, 6) is -1.47. The molecule has 0 radical (unpaired) electrons. The van der Waals surface area contributed by atoms with E-state index in [-0.39, 0.29) is 11.5 Å². The van der Waals surface area contributed by atoms with E-state index < -0.39 is 5.97 Å². The van der Waals surface area contributed by atoms with Crippen LogP contribution in [0.15, 0.2) is 49.1 Å². The van der Waals surface area contributed by atoms with Crippen LogP contribution in [0.4, 0.5) is 5.69 Å². The second-order valence-electron chi connectivity index (χ2n) is 3.88. The van der Waals surface area contributed by atoms with E-state index in [9.17, 15) is 9.59 Å². The number of carboxylic acid groups (broad SMARTS) is 1. The molecule has 0 spiro atoms. The van der Waals surface area contributed by atoms with Crippen LogP contribution in [-0.4, -0.2) is 27.0 Å². The van der Waals surface area contributed by atoms with Gasteiger partial charge in [0.05, 0.1) is 17.4 Å². The third kappa shape index (κ3) is 3.74. The van der Waals surface area contributed by atoms with Crippen LogP contribution in [-0.2, 0) is 4.79 Å². The summed E-state index contributed by atoms with van der Waals surface area (Å²) in [6.45, 7) is 0. The van der Waals surface area contributed by atoms with Gasteiger partial charge in [0.25, 0.3) is 0 Å². The molecule has 2 aromatic heterocycles. The molecule has 0 aromatic carbocycles. The molecule has 0 fully saturated rings. The molecule has 6 nitrogen and oxygen atoms in total. The van der Waals surface area contributed by atoms with Gasteiger partial charge < -0.3 is 10.4 Å². The standard InChI is InChI=1S/C14H11N3O3/c18-13(4-3-10-2-1-5-15-7-10)17-12-6-11(14(19)20)8-16-9-12/h1-9H,(H,17,18)(H,19,20). The quantitative estimate of drug-likeness (QED) is 0.826. The van der Waals surface area contributed by atoms with E-state index >= 15 is 0 Å². The van der Waals surface area contributed by atoms with E-state index in [1.807, 2.05) is 6.07 Å². The summed E-state index contributed by atoms with van der Waals surface area (Å²) in [6.07, 6.45) is 8.80. The lowest BCUT2D eigenvalue weighted by Gasteiger charge is -2.02. The molecule has 0 aliphatic rings. The fraction of sp³-hybridized carbons (Fsp3) is 0. The Labute approximate surface area is 114 Å². The smallest absolute Gasteiger partial charge is 0.337 e. The van der Waals surface area contributed by atoms with Gasteiger partial charge in [0, 0.05) is 24.7 Å². The Kier molecular flexibility index (Phi) is 4.18. The minimum atomic E-state index is -1.10. The van der Waals surface area contributed by atoms with Crippen molar-refractivity contribution in [1.82, 2.24) is 9.97 Å². The van der Waals surface area contributed by atoms with Gasteiger partial charge in [0.1, 0.15) is 0 Å². The van der Waals surface area contributed by atoms with Gasteiger partial charge in [-0.2, -0.15) is 0 Å². The molecule has 2 rings (SSSR count). The lowest BCUT2D eigenvalue weighted by molar-refractivity contribution is -0.111. The van der Waals surface area contributed by atoms with Crippen molar-refractivity contribution in [3.05, 3.63) is 60.2 Å². The van der Waals surface area contributed by atoms with Crippen molar-refractivity contribution in [2.75, 3.05) is 5.32 Å². The molecule has 0 aliphatic carbocycles. The lowest BCUT2D eigenvalue weighted by atomic mass is 10.2. The highest BCUT2D eigenvalue weighted by Gasteiger charge is 2.05. The average Bonchev–Trinajstić information content (AvgIpc) is 2.46. The van der Waals surface area contributed by atoms with Crippen molar-refractivity contribution in [2.45, 2.75) is 0 Å². The van der Waals surface area contributed by atoms with Crippen molar-refractivity contribution in [3.8, 4) is 0 Å². The normalized spacial score (nSPS) is 10.4. The van der Waals surface area contributed by atoms with Gasteiger partial charge in [-0.25, -0.2) is 4.79 Å². The van der Waals surface area contributed by atoms with Crippen LogP contribution in [0.25, 0.3) is 6.08 Å². The van der Waals surface area contributed by atoms with Crippen molar-refractivity contribution in [1.29, 1.82) is 0 Å². The van der Waals surface area contributed by atoms with E-state index in [2.05, 4.69) is 15.3 Å². The minimum absolute atomic E-state index is 0.0130. The molecule has 2 aromatic rings. The number of carbonyl (C=O) groups is 2. The van der Waals surface area contributed by atoms with Gasteiger partial charge in [0.15, 0.2) is 0 Å². The summed E-state index contributed by atoms with van der Waals surface area (Å²) in [7, 11) is 0. The van der Waals surface area contributed by atoms with Gasteiger partial charge in [-0.05, 0) is 23.8 Å². The fourth-order valence-corrected chi connectivity index (χ4v) is 1.46. The van der Waals surface area contributed by atoms with Crippen molar-refractivity contribution >= 4 is 23.6 Å². The number of nitrogens with one attached hydrogen (secondary N) is 1. The SMILES string of the molecule is O=C(C=Cc1cccnc1)Nc1cncc(C(=O)O)c1. The third-order valence-corrected chi connectivity index (χ3v) is 2.36. The Morgan fingerprint density at radius 1 is 1.20 bits per heavy atom. The third-order valence-electron chi connectivity index (χ3n) is 2.36. The summed E-state index contributed by atoms with van der Waals surface area (Å²) in [6, 6.07) is 4.91. The Morgan fingerprint density at radius 3 is 2.75 bits per heavy atom. The summed E-state index contributed by atoms with van der Waals surface area (Å²) < 4.78 is 0. The van der Waals surface area contributed by atoms with E-state index in [4.69, 9.17) is 5.11 Å². The molecule has 0 atom stereocenters. The number of hydrogen-bond acceptors (Lipinski definition) is 4. The number of aromatic carboxylic acids is 1. The number of rotatable bonds is 4. The highest BCUT2D eigenvalue weighted by atomic mass is 16.4. The molecule has 2 heterocycles. The number of pyridine rings is 2. The van der Waals surface area contributed by atoms with E-state index in [1.165, 1.54) is 24.5 Å². The topological polar surface area (TPSA) is 92.2 Å². The Hall–Kier alpha value is -3.02. The van der Waals surface area contributed by atoms with Gasteiger partial charge in [-0.3, -0.25) is 14.8 Å². The molecule has 100 valence electrons. The predicted molar refractivity (Wildman–Crippen MR) is 73.1 cm³/mol. The average molecular weight is 269 g/mol. The summed E-state index contributed by atoms with van der Waals surface area (Å²) in [4.78, 5) is 30.1. The van der Waals surface area contributed by atoms with Crippen LogP contribution in [0.1, 0.15) is 15.9 Å². The highest BCUT2D eigenvalue weighted by Crippen LogP contribution is 2.08. The first-order valence-corrected chi connectivity index (χ1v) is 5.72. The monoisotopic (exact) mass is 269 g/mol. The number of aromatic nitrogens is 2. The maximum absolute atomic E-state index is 11.7. The van der Waals surface area contributed by atoms with Crippen LogP contribution >= 0.6 is 0 Å². The highest BCUT2D eigenvalue weighted by molar-refractivity contribution is 6.02. The zero-order chi connectivity index (χ0) is 14.4. The molecular weight excluding hydrogens is 258 g/mol. The van der Waals surface area contributed by atoms with Gasteiger partial charge in [-0.15, -0.1) is 0 Å². The zero-order valence-corrected chi connectivity index (χ0v) is 10.4. The van der Waals surface area contributed by atoms with E-state index in [0.29, 0.717) is 5.69 Å².